The van der Waals surface area contributed by atoms with Crippen LogP contribution in [-0.2, 0) is 17.0 Å². The van der Waals surface area contributed by atoms with E-state index in [-0.39, 0.29) is 5.91 Å². The number of carbonyl (C=O) groups excluding carboxylic acids is 1. The summed E-state index contributed by atoms with van der Waals surface area (Å²) in [7, 11) is 0. The SMILES string of the molecule is N#Cc1ccccc1CSCC(=O)NCCc1ccccc1. The Morgan fingerprint density at radius 3 is 2.59 bits per heavy atom. The van der Waals surface area contributed by atoms with Crippen molar-refractivity contribution in [1.29, 1.82) is 5.26 Å². The summed E-state index contributed by atoms with van der Waals surface area (Å²) < 4.78 is 0. The molecule has 2 aromatic carbocycles. The molecule has 4 heteroatoms. The number of amides is 1. The molecule has 0 aliphatic heterocycles. The minimum Gasteiger partial charge on any atom is -0.355 e. The molecule has 0 atom stereocenters. The number of nitriles is 1. The normalized spacial score (nSPS) is 9.95. The third-order valence-electron chi connectivity index (χ3n) is 3.21. The van der Waals surface area contributed by atoms with Crippen LogP contribution in [0.25, 0.3) is 0 Å². The highest BCUT2D eigenvalue weighted by Crippen LogP contribution is 2.15. The fraction of sp³-hybridized carbons (Fsp3) is 0.222. The second kappa shape index (κ2) is 8.91. The van der Waals surface area contributed by atoms with E-state index in [1.165, 1.54) is 17.3 Å². The molecule has 3 nitrogen and oxygen atoms in total. The van der Waals surface area contributed by atoms with Crippen LogP contribution in [0.2, 0.25) is 0 Å². The zero-order valence-electron chi connectivity index (χ0n) is 12.3. The minimum absolute atomic E-state index is 0.0374. The zero-order chi connectivity index (χ0) is 15.6. The van der Waals surface area contributed by atoms with Gasteiger partial charge in [-0.2, -0.15) is 5.26 Å². The van der Waals surface area contributed by atoms with Gasteiger partial charge in [-0.05, 0) is 23.6 Å². The Hall–Kier alpha value is -2.25. The average Bonchev–Trinajstić information content (AvgIpc) is 2.56. The molecule has 0 aromatic heterocycles. The van der Waals surface area contributed by atoms with Gasteiger partial charge in [-0.15, -0.1) is 11.8 Å². The summed E-state index contributed by atoms with van der Waals surface area (Å²) >= 11 is 1.53. The molecular weight excluding hydrogens is 292 g/mol. The van der Waals surface area contributed by atoms with Crippen LogP contribution in [0, 0.1) is 11.3 Å². The molecule has 0 aliphatic carbocycles. The topological polar surface area (TPSA) is 52.9 Å². The Morgan fingerprint density at radius 1 is 1.09 bits per heavy atom. The third kappa shape index (κ3) is 5.27. The lowest BCUT2D eigenvalue weighted by molar-refractivity contribution is -0.118. The molecule has 112 valence electrons. The van der Waals surface area contributed by atoms with Crippen molar-refractivity contribution in [1.82, 2.24) is 5.32 Å². The summed E-state index contributed by atoms with van der Waals surface area (Å²) in [5.74, 6) is 1.13. The lowest BCUT2D eigenvalue weighted by atomic mass is 10.1. The van der Waals surface area contributed by atoms with Crippen molar-refractivity contribution in [2.45, 2.75) is 12.2 Å². The average molecular weight is 310 g/mol. The molecular formula is C18H18N2OS. The minimum atomic E-state index is 0.0374. The van der Waals surface area contributed by atoms with Gasteiger partial charge in [-0.3, -0.25) is 4.79 Å². The van der Waals surface area contributed by atoms with Crippen molar-refractivity contribution in [3.05, 3.63) is 71.3 Å². The van der Waals surface area contributed by atoms with Gasteiger partial charge >= 0.3 is 0 Å². The molecule has 2 aromatic rings. The van der Waals surface area contributed by atoms with E-state index in [4.69, 9.17) is 5.26 Å². The highest BCUT2D eigenvalue weighted by molar-refractivity contribution is 7.99. The van der Waals surface area contributed by atoms with E-state index < -0.39 is 0 Å². The van der Waals surface area contributed by atoms with E-state index in [1.54, 1.807) is 6.07 Å². The highest BCUT2D eigenvalue weighted by Gasteiger charge is 2.04. The summed E-state index contributed by atoms with van der Waals surface area (Å²) in [5.41, 5.74) is 2.88. The molecule has 1 amide bonds. The van der Waals surface area contributed by atoms with Crippen LogP contribution in [0.3, 0.4) is 0 Å². The number of hydrogen-bond donors (Lipinski definition) is 1. The molecule has 0 fully saturated rings. The van der Waals surface area contributed by atoms with Crippen molar-refractivity contribution in [3.63, 3.8) is 0 Å². The molecule has 0 unspecified atom stereocenters. The van der Waals surface area contributed by atoms with E-state index in [0.717, 1.165) is 12.0 Å². The van der Waals surface area contributed by atoms with Gasteiger partial charge in [0.1, 0.15) is 0 Å². The molecule has 2 rings (SSSR count). The lowest BCUT2D eigenvalue weighted by Gasteiger charge is -2.06. The summed E-state index contributed by atoms with van der Waals surface area (Å²) in [6.45, 7) is 0.651. The fourth-order valence-electron chi connectivity index (χ4n) is 2.05. The molecule has 0 heterocycles. The second-order valence-electron chi connectivity index (χ2n) is 4.85. The van der Waals surface area contributed by atoms with Crippen LogP contribution in [0.5, 0.6) is 0 Å². The Bertz CT molecular complexity index is 650. The van der Waals surface area contributed by atoms with Crippen LogP contribution >= 0.6 is 11.8 Å². The summed E-state index contributed by atoms with van der Waals surface area (Å²) in [6.07, 6.45) is 0.842. The van der Waals surface area contributed by atoms with Crippen molar-refractivity contribution in [2.24, 2.45) is 0 Å². The maximum absolute atomic E-state index is 11.8. The molecule has 22 heavy (non-hydrogen) atoms. The van der Waals surface area contributed by atoms with Gasteiger partial charge < -0.3 is 5.32 Å². The van der Waals surface area contributed by atoms with E-state index >= 15 is 0 Å². The van der Waals surface area contributed by atoms with Gasteiger partial charge in [0.2, 0.25) is 5.91 Å². The van der Waals surface area contributed by atoms with E-state index in [1.807, 2.05) is 36.4 Å². The predicted molar refractivity (Wildman–Crippen MR) is 90.5 cm³/mol. The predicted octanol–water partition coefficient (Wildman–Crippen LogP) is 3.15. The zero-order valence-corrected chi connectivity index (χ0v) is 13.1. The van der Waals surface area contributed by atoms with Crippen LogP contribution < -0.4 is 5.32 Å². The number of thioether (sulfide) groups is 1. The summed E-state index contributed by atoms with van der Waals surface area (Å²) in [6, 6.07) is 19.8. The summed E-state index contributed by atoms with van der Waals surface area (Å²) in [4.78, 5) is 11.8. The Morgan fingerprint density at radius 2 is 1.82 bits per heavy atom. The van der Waals surface area contributed by atoms with Crippen LogP contribution in [0.4, 0.5) is 0 Å². The second-order valence-corrected chi connectivity index (χ2v) is 5.83. The van der Waals surface area contributed by atoms with Gasteiger partial charge in [-0.25, -0.2) is 0 Å². The largest absolute Gasteiger partial charge is 0.355 e. The van der Waals surface area contributed by atoms with Crippen molar-refractivity contribution < 1.29 is 4.79 Å². The van der Waals surface area contributed by atoms with Crippen molar-refractivity contribution in [2.75, 3.05) is 12.3 Å². The molecule has 1 N–H and O–H groups in total. The molecule has 0 saturated carbocycles. The maximum atomic E-state index is 11.8. The number of carbonyl (C=O) groups is 1. The van der Waals surface area contributed by atoms with Gasteiger partial charge in [0.05, 0.1) is 17.4 Å². The molecule has 0 spiro atoms. The Labute approximate surface area is 135 Å². The summed E-state index contributed by atoms with van der Waals surface area (Å²) in [5, 5.41) is 11.9. The number of nitrogens with zero attached hydrogens (tertiary/aromatic N) is 1. The first-order chi connectivity index (χ1) is 10.8. The van der Waals surface area contributed by atoms with Gasteiger partial charge in [0, 0.05) is 12.3 Å². The van der Waals surface area contributed by atoms with E-state index in [0.29, 0.717) is 23.6 Å². The van der Waals surface area contributed by atoms with Crippen molar-refractivity contribution >= 4 is 17.7 Å². The molecule has 0 aliphatic rings. The first kappa shape index (κ1) is 16.1. The van der Waals surface area contributed by atoms with Gasteiger partial charge in [0.25, 0.3) is 0 Å². The van der Waals surface area contributed by atoms with Crippen LogP contribution in [0.1, 0.15) is 16.7 Å². The van der Waals surface area contributed by atoms with Crippen LogP contribution in [-0.4, -0.2) is 18.2 Å². The lowest BCUT2D eigenvalue weighted by Crippen LogP contribution is -2.27. The number of benzene rings is 2. The molecule has 0 saturated heterocycles. The van der Waals surface area contributed by atoms with Crippen molar-refractivity contribution in [3.8, 4) is 6.07 Å². The number of hydrogen-bond acceptors (Lipinski definition) is 3. The van der Waals surface area contributed by atoms with E-state index in [9.17, 15) is 4.79 Å². The first-order valence-corrected chi connectivity index (χ1v) is 8.31. The quantitative estimate of drug-likeness (QED) is 0.854. The Balaban J connectivity index is 1.67. The fourth-order valence-corrected chi connectivity index (χ4v) is 2.91. The highest BCUT2D eigenvalue weighted by atomic mass is 32.2. The van der Waals surface area contributed by atoms with Gasteiger partial charge in [-0.1, -0.05) is 48.5 Å². The maximum Gasteiger partial charge on any atom is 0.230 e. The van der Waals surface area contributed by atoms with Crippen LogP contribution in [0.15, 0.2) is 54.6 Å². The smallest absolute Gasteiger partial charge is 0.230 e. The van der Waals surface area contributed by atoms with Gasteiger partial charge in [0.15, 0.2) is 0 Å². The number of nitrogens with one attached hydrogen (secondary N) is 1. The number of rotatable bonds is 7. The standard InChI is InChI=1S/C18H18N2OS/c19-12-16-8-4-5-9-17(16)13-22-14-18(21)20-11-10-15-6-2-1-3-7-15/h1-9H,10-11,13-14H2,(H,20,21). The third-order valence-corrected chi connectivity index (χ3v) is 4.19. The molecule has 0 bridgehead atoms. The van der Waals surface area contributed by atoms with E-state index in [2.05, 4.69) is 23.5 Å². The monoisotopic (exact) mass is 310 g/mol. The first-order valence-electron chi connectivity index (χ1n) is 7.16. The Kier molecular flexibility index (Phi) is 6.53. The molecule has 0 radical (unpaired) electrons.